The van der Waals surface area contributed by atoms with E-state index >= 15 is 0 Å². The molecule has 0 N–H and O–H groups in total. The van der Waals surface area contributed by atoms with Gasteiger partial charge in [-0.25, -0.2) is 9.59 Å². The largest absolute Gasteiger partial charge is 0.462 e. The maximum Gasteiger partial charge on any atom is 0.339 e. The minimum atomic E-state index is -0.467. The Balaban J connectivity index is 2.64. The summed E-state index contributed by atoms with van der Waals surface area (Å²) in [7, 11) is 0. The molecular formula is C24H34O4. The van der Waals surface area contributed by atoms with Gasteiger partial charge in [-0.2, -0.15) is 0 Å². The van der Waals surface area contributed by atoms with Crippen molar-refractivity contribution in [2.75, 3.05) is 6.61 Å². The van der Waals surface area contributed by atoms with E-state index in [0.717, 1.165) is 19.3 Å². The van der Waals surface area contributed by atoms with E-state index in [1.807, 2.05) is 6.92 Å². The van der Waals surface area contributed by atoms with Gasteiger partial charge in [0.1, 0.15) is 0 Å². The van der Waals surface area contributed by atoms with Gasteiger partial charge >= 0.3 is 11.9 Å². The summed E-state index contributed by atoms with van der Waals surface area (Å²) >= 11 is 0. The fourth-order valence-corrected chi connectivity index (χ4v) is 2.70. The van der Waals surface area contributed by atoms with E-state index in [1.54, 1.807) is 18.2 Å². The normalized spacial score (nSPS) is 11.5. The molecule has 1 aromatic rings. The summed E-state index contributed by atoms with van der Waals surface area (Å²) in [6.45, 7) is 8.65. The van der Waals surface area contributed by atoms with Crippen molar-refractivity contribution < 1.29 is 19.1 Å². The first-order valence-electron chi connectivity index (χ1n) is 10.4. The zero-order valence-electron chi connectivity index (χ0n) is 17.8. The van der Waals surface area contributed by atoms with Crippen molar-refractivity contribution in [1.29, 1.82) is 0 Å². The van der Waals surface area contributed by atoms with Gasteiger partial charge in [-0.3, -0.25) is 0 Å². The van der Waals surface area contributed by atoms with Crippen molar-refractivity contribution in [1.82, 2.24) is 0 Å². The van der Waals surface area contributed by atoms with Gasteiger partial charge in [-0.05, 0) is 37.0 Å². The van der Waals surface area contributed by atoms with Crippen LogP contribution in [0.15, 0.2) is 24.3 Å². The first-order chi connectivity index (χ1) is 13.5. The number of hydrogen-bond donors (Lipinski definition) is 0. The maximum absolute atomic E-state index is 12.5. The van der Waals surface area contributed by atoms with Crippen LogP contribution in [-0.4, -0.2) is 24.6 Å². The Hall–Kier alpha value is -2.28. The lowest BCUT2D eigenvalue weighted by atomic mass is 10.1. The predicted molar refractivity (Wildman–Crippen MR) is 112 cm³/mol. The average molecular weight is 387 g/mol. The Morgan fingerprint density at radius 1 is 1.00 bits per heavy atom. The van der Waals surface area contributed by atoms with E-state index in [0.29, 0.717) is 36.5 Å². The average Bonchev–Trinajstić information content (AvgIpc) is 2.68. The number of ether oxygens (including phenoxy) is 2. The molecule has 0 aliphatic heterocycles. The standard InChI is InChI=1S/C24H34O4/c1-5-7-9-10-11-16-27-23(25)20-13-12-14-21(18-20)24(26)28-22(15-8-6-2)17-19(3)4/h12-14,18-19,22H,5-7,9-11,16-17H2,1-4H3. The molecule has 154 valence electrons. The monoisotopic (exact) mass is 386 g/mol. The molecule has 0 saturated heterocycles. The van der Waals surface area contributed by atoms with Crippen molar-refractivity contribution in [3.05, 3.63) is 35.4 Å². The lowest BCUT2D eigenvalue weighted by Crippen LogP contribution is -2.19. The van der Waals surface area contributed by atoms with Crippen molar-refractivity contribution in [3.8, 4) is 11.8 Å². The summed E-state index contributed by atoms with van der Waals surface area (Å²) in [5.74, 6) is 5.47. The molecule has 4 heteroatoms. The summed E-state index contributed by atoms with van der Waals surface area (Å²) in [6.07, 6.45) is 6.43. The van der Waals surface area contributed by atoms with Crippen molar-refractivity contribution in [3.63, 3.8) is 0 Å². The van der Waals surface area contributed by atoms with Crippen LogP contribution in [0, 0.1) is 17.8 Å². The number of benzene rings is 1. The van der Waals surface area contributed by atoms with Crippen LogP contribution in [0.4, 0.5) is 0 Å². The Labute approximate surface area is 170 Å². The van der Waals surface area contributed by atoms with E-state index < -0.39 is 18.0 Å². The van der Waals surface area contributed by atoms with E-state index in [2.05, 4.69) is 32.6 Å². The third-order valence-electron chi connectivity index (χ3n) is 4.19. The Kier molecular flexibility index (Phi) is 11.7. The highest BCUT2D eigenvalue weighted by atomic mass is 16.5. The molecule has 1 rings (SSSR count). The molecule has 1 aromatic carbocycles. The van der Waals surface area contributed by atoms with Gasteiger partial charge < -0.3 is 9.47 Å². The molecule has 0 aliphatic rings. The SMILES string of the molecule is CCC#CC(CC(C)C)OC(=O)c1cccc(C(=O)OCCCCCCC)c1. The number of carbonyl (C=O) groups excluding carboxylic acids is 2. The van der Waals surface area contributed by atoms with E-state index in [1.165, 1.54) is 18.9 Å². The van der Waals surface area contributed by atoms with Gasteiger partial charge in [0, 0.05) is 6.42 Å². The van der Waals surface area contributed by atoms with Crippen LogP contribution in [0.1, 0.15) is 93.4 Å². The molecule has 0 spiro atoms. The molecule has 0 aliphatic carbocycles. The van der Waals surface area contributed by atoms with Crippen LogP contribution in [0.5, 0.6) is 0 Å². The van der Waals surface area contributed by atoms with Crippen molar-refractivity contribution in [2.45, 2.75) is 78.7 Å². The minimum absolute atomic E-state index is 0.337. The molecule has 28 heavy (non-hydrogen) atoms. The lowest BCUT2D eigenvalue weighted by Gasteiger charge is -2.15. The van der Waals surface area contributed by atoms with Crippen molar-refractivity contribution in [2.24, 2.45) is 5.92 Å². The summed E-state index contributed by atoms with van der Waals surface area (Å²) in [4.78, 5) is 24.7. The van der Waals surface area contributed by atoms with E-state index in [-0.39, 0.29) is 0 Å². The summed E-state index contributed by atoms with van der Waals surface area (Å²) < 4.78 is 10.9. The van der Waals surface area contributed by atoms with Crippen LogP contribution in [0.2, 0.25) is 0 Å². The Morgan fingerprint density at radius 3 is 2.32 bits per heavy atom. The molecule has 0 fully saturated rings. The van der Waals surface area contributed by atoms with Crippen LogP contribution in [-0.2, 0) is 9.47 Å². The molecule has 1 unspecified atom stereocenters. The van der Waals surface area contributed by atoms with Gasteiger partial charge in [0.05, 0.1) is 17.7 Å². The predicted octanol–water partition coefficient (Wildman–Crippen LogP) is 5.80. The van der Waals surface area contributed by atoms with Crippen molar-refractivity contribution >= 4 is 11.9 Å². The molecule has 0 aromatic heterocycles. The zero-order chi connectivity index (χ0) is 20.8. The summed E-state index contributed by atoms with van der Waals surface area (Å²) in [5, 5.41) is 0. The second-order valence-corrected chi connectivity index (χ2v) is 7.33. The quantitative estimate of drug-likeness (QED) is 0.274. The molecule has 4 nitrogen and oxygen atoms in total. The highest BCUT2D eigenvalue weighted by Gasteiger charge is 2.17. The first-order valence-corrected chi connectivity index (χ1v) is 10.4. The fourth-order valence-electron chi connectivity index (χ4n) is 2.70. The van der Waals surface area contributed by atoms with Gasteiger partial charge in [-0.1, -0.05) is 71.3 Å². The van der Waals surface area contributed by atoms with Gasteiger partial charge in [0.2, 0.25) is 0 Å². The summed E-state index contributed by atoms with van der Waals surface area (Å²) in [5.41, 5.74) is 0.701. The molecular weight excluding hydrogens is 352 g/mol. The molecule has 0 heterocycles. The number of carbonyl (C=O) groups is 2. The maximum atomic E-state index is 12.5. The number of hydrogen-bond acceptors (Lipinski definition) is 4. The third-order valence-corrected chi connectivity index (χ3v) is 4.19. The molecule has 0 saturated carbocycles. The van der Waals surface area contributed by atoms with Crippen LogP contribution >= 0.6 is 0 Å². The second-order valence-electron chi connectivity index (χ2n) is 7.33. The number of rotatable bonds is 11. The van der Waals surface area contributed by atoms with Crippen LogP contribution < -0.4 is 0 Å². The van der Waals surface area contributed by atoms with Crippen LogP contribution in [0.3, 0.4) is 0 Å². The molecule has 0 amide bonds. The topological polar surface area (TPSA) is 52.6 Å². The second kappa shape index (κ2) is 13.8. The Morgan fingerprint density at radius 2 is 1.68 bits per heavy atom. The highest BCUT2D eigenvalue weighted by Crippen LogP contribution is 2.13. The molecule has 0 bridgehead atoms. The van der Waals surface area contributed by atoms with Crippen LogP contribution in [0.25, 0.3) is 0 Å². The Bertz CT molecular complexity index is 667. The molecule has 0 radical (unpaired) electrons. The van der Waals surface area contributed by atoms with Gasteiger partial charge in [0.15, 0.2) is 6.10 Å². The number of unbranched alkanes of at least 4 members (excludes halogenated alkanes) is 4. The van der Waals surface area contributed by atoms with E-state index in [9.17, 15) is 9.59 Å². The van der Waals surface area contributed by atoms with E-state index in [4.69, 9.17) is 9.47 Å². The van der Waals surface area contributed by atoms with Gasteiger partial charge in [-0.15, -0.1) is 0 Å². The minimum Gasteiger partial charge on any atom is -0.462 e. The lowest BCUT2D eigenvalue weighted by molar-refractivity contribution is 0.0377. The highest BCUT2D eigenvalue weighted by molar-refractivity contribution is 5.95. The first kappa shape index (κ1) is 23.8. The zero-order valence-corrected chi connectivity index (χ0v) is 17.8. The third kappa shape index (κ3) is 9.60. The molecule has 1 atom stereocenters. The summed E-state index contributed by atoms with van der Waals surface area (Å²) in [6, 6.07) is 6.49. The number of esters is 2. The van der Waals surface area contributed by atoms with Gasteiger partial charge in [0.25, 0.3) is 0 Å². The smallest absolute Gasteiger partial charge is 0.339 e. The fraction of sp³-hybridized carbons (Fsp3) is 0.583.